The lowest BCUT2D eigenvalue weighted by atomic mass is 10.1. The Labute approximate surface area is 100 Å². The van der Waals surface area contributed by atoms with E-state index >= 15 is 0 Å². The molecule has 0 fully saturated rings. The minimum Gasteiger partial charge on any atom is -0.508 e. The minimum atomic E-state index is 0.168. The summed E-state index contributed by atoms with van der Waals surface area (Å²) in [6, 6.07) is 12.5. The van der Waals surface area contributed by atoms with Gasteiger partial charge in [0.1, 0.15) is 5.75 Å². The molecule has 17 heavy (non-hydrogen) atoms. The Morgan fingerprint density at radius 3 is 2.06 bits per heavy atom. The molecule has 0 atom stereocenters. The smallest absolute Gasteiger partial charge is 0.118 e. The van der Waals surface area contributed by atoms with Crippen LogP contribution in [0.3, 0.4) is 0 Å². The predicted molar refractivity (Wildman–Crippen MR) is 72.3 cm³/mol. The molecule has 86 valence electrons. The van der Waals surface area contributed by atoms with Gasteiger partial charge < -0.3 is 16.6 Å². The number of benzene rings is 2. The average molecular weight is 226 g/mol. The molecule has 2 rings (SSSR count). The van der Waals surface area contributed by atoms with E-state index in [0.717, 1.165) is 16.8 Å². The maximum absolute atomic E-state index is 9.40. The molecule has 0 aliphatic carbocycles. The predicted octanol–water partition coefficient (Wildman–Crippen LogP) is 2.73. The quantitative estimate of drug-likeness (QED) is 0.544. The third-order valence-electron chi connectivity index (χ3n) is 2.37. The van der Waals surface area contributed by atoms with Crippen molar-refractivity contribution in [1.29, 1.82) is 0 Å². The Bertz CT molecular complexity index is 524. The minimum absolute atomic E-state index is 0.168. The van der Waals surface area contributed by atoms with E-state index in [1.807, 2.05) is 36.4 Å². The lowest BCUT2D eigenvalue weighted by Gasteiger charge is -1.99. The Hall–Kier alpha value is -2.42. The summed E-state index contributed by atoms with van der Waals surface area (Å²) in [5.74, 6) is 0.168. The number of hydrogen-bond donors (Lipinski definition) is 3. The van der Waals surface area contributed by atoms with Crippen LogP contribution in [0, 0.1) is 0 Å². The van der Waals surface area contributed by atoms with Gasteiger partial charge in [-0.2, -0.15) is 0 Å². The Morgan fingerprint density at radius 1 is 0.765 bits per heavy atom. The fourth-order valence-corrected chi connectivity index (χ4v) is 1.55. The van der Waals surface area contributed by atoms with E-state index in [4.69, 9.17) is 11.5 Å². The summed E-state index contributed by atoms with van der Waals surface area (Å²) in [5.41, 5.74) is 14.4. The highest BCUT2D eigenvalue weighted by Crippen LogP contribution is 2.19. The fourth-order valence-electron chi connectivity index (χ4n) is 1.55. The SMILES string of the molecule is Nc1ccc(/C=C/c2cc(N)cc(O)c2)cc1. The van der Waals surface area contributed by atoms with E-state index in [2.05, 4.69) is 0 Å². The topological polar surface area (TPSA) is 72.3 Å². The highest BCUT2D eigenvalue weighted by atomic mass is 16.3. The summed E-state index contributed by atoms with van der Waals surface area (Å²) in [6.45, 7) is 0. The van der Waals surface area contributed by atoms with Crippen molar-refractivity contribution in [1.82, 2.24) is 0 Å². The zero-order valence-electron chi connectivity index (χ0n) is 9.30. The van der Waals surface area contributed by atoms with Crippen molar-refractivity contribution >= 4 is 23.5 Å². The zero-order valence-corrected chi connectivity index (χ0v) is 9.30. The molecule has 0 aromatic heterocycles. The van der Waals surface area contributed by atoms with Crippen molar-refractivity contribution in [2.45, 2.75) is 0 Å². The maximum Gasteiger partial charge on any atom is 0.118 e. The van der Waals surface area contributed by atoms with Crippen molar-refractivity contribution in [3.05, 3.63) is 53.6 Å². The molecular formula is C14H14N2O. The average Bonchev–Trinajstić information content (AvgIpc) is 2.27. The molecule has 0 aliphatic heterocycles. The number of nitrogens with two attached hydrogens (primary N) is 2. The first kappa shape index (κ1) is 11.1. The summed E-state index contributed by atoms with van der Waals surface area (Å²) in [5, 5.41) is 9.40. The number of hydrogen-bond acceptors (Lipinski definition) is 3. The molecule has 3 nitrogen and oxygen atoms in total. The summed E-state index contributed by atoms with van der Waals surface area (Å²) in [7, 11) is 0. The van der Waals surface area contributed by atoms with Crippen molar-refractivity contribution in [2.24, 2.45) is 0 Å². The van der Waals surface area contributed by atoms with E-state index in [0.29, 0.717) is 5.69 Å². The second-order valence-corrected chi connectivity index (χ2v) is 3.86. The lowest BCUT2D eigenvalue weighted by Crippen LogP contribution is -1.85. The molecule has 0 saturated heterocycles. The Morgan fingerprint density at radius 2 is 1.41 bits per heavy atom. The largest absolute Gasteiger partial charge is 0.508 e. The molecule has 5 N–H and O–H groups in total. The van der Waals surface area contributed by atoms with Gasteiger partial charge in [0.15, 0.2) is 0 Å². The van der Waals surface area contributed by atoms with Gasteiger partial charge in [-0.3, -0.25) is 0 Å². The molecule has 0 heterocycles. The zero-order chi connectivity index (χ0) is 12.3. The summed E-state index contributed by atoms with van der Waals surface area (Å²) in [6.07, 6.45) is 3.83. The van der Waals surface area contributed by atoms with Gasteiger partial charge >= 0.3 is 0 Å². The first-order valence-corrected chi connectivity index (χ1v) is 5.27. The summed E-state index contributed by atoms with van der Waals surface area (Å²) < 4.78 is 0. The van der Waals surface area contributed by atoms with Crippen LogP contribution in [0.5, 0.6) is 5.75 Å². The molecule has 0 saturated carbocycles. The number of phenols is 1. The van der Waals surface area contributed by atoms with E-state index in [1.54, 1.807) is 12.1 Å². The Kier molecular flexibility index (Phi) is 3.01. The second kappa shape index (κ2) is 4.61. The normalized spacial score (nSPS) is 10.8. The monoisotopic (exact) mass is 226 g/mol. The van der Waals surface area contributed by atoms with Gasteiger partial charge in [-0.15, -0.1) is 0 Å². The summed E-state index contributed by atoms with van der Waals surface area (Å²) >= 11 is 0. The third-order valence-corrected chi connectivity index (χ3v) is 2.37. The summed E-state index contributed by atoms with van der Waals surface area (Å²) in [4.78, 5) is 0. The highest BCUT2D eigenvalue weighted by molar-refractivity contribution is 5.72. The second-order valence-electron chi connectivity index (χ2n) is 3.86. The maximum atomic E-state index is 9.40. The lowest BCUT2D eigenvalue weighted by molar-refractivity contribution is 0.475. The van der Waals surface area contributed by atoms with Crippen LogP contribution in [-0.2, 0) is 0 Å². The number of nitrogen functional groups attached to an aromatic ring is 2. The van der Waals surface area contributed by atoms with Crippen LogP contribution in [0.15, 0.2) is 42.5 Å². The molecule has 2 aromatic rings. The highest BCUT2D eigenvalue weighted by Gasteiger charge is 1.94. The Balaban J connectivity index is 2.22. The molecule has 0 amide bonds. The van der Waals surface area contributed by atoms with Gasteiger partial charge in [0.05, 0.1) is 0 Å². The molecule has 3 heteroatoms. The van der Waals surface area contributed by atoms with Crippen LogP contribution < -0.4 is 11.5 Å². The van der Waals surface area contributed by atoms with Crippen LogP contribution in [0.4, 0.5) is 11.4 Å². The van der Waals surface area contributed by atoms with Crippen molar-refractivity contribution in [3.63, 3.8) is 0 Å². The first-order chi connectivity index (χ1) is 8.13. The van der Waals surface area contributed by atoms with E-state index < -0.39 is 0 Å². The number of phenolic OH excluding ortho intramolecular Hbond substituents is 1. The van der Waals surface area contributed by atoms with Crippen LogP contribution in [0.25, 0.3) is 12.2 Å². The first-order valence-electron chi connectivity index (χ1n) is 5.27. The number of aromatic hydroxyl groups is 1. The molecule has 0 radical (unpaired) electrons. The third kappa shape index (κ3) is 3.01. The van der Waals surface area contributed by atoms with E-state index in [1.165, 1.54) is 6.07 Å². The van der Waals surface area contributed by atoms with Crippen LogP contribution in [0.1, 0.15) is 11.1 Å². The molecular weight excluding hydrogens is 212 g/mol. The molecule has 0 aliphatic rings. The van der Waals surface area contributed by atoms with Gasteiger partial charge in [0.25, 0.3) is 0 Å². The standard InChI is InChI=1S/C14H14N2O/c15-12-5-3-10(4-6-12)1-2-11-7-13(16)9-14(17)8-11/h1-9,17H,15-16H2/b2-1+. The van der Waals surface area contributed by atoms with Gasteiger partial charge in [-0.25, -0.2) is 0 Å². The van der Waals surface area contributed by atoms with Crippen molar-refractivity contribution in [2.75, 3.05) is 11.5 Å². The van der Waals surface area contributed by atoms with E-state index in [-0.39, 0.29) is 5.75 Å². The van der Waals surface area contributed by atoms with Crippen LogP contribution >= 0.6 is 0 Å². The molecule has 2 aromatic carbocycles. The van der Waals surface area contributed by atoms with E-state index in [9.17, 15) is 5.11 Å². The van der Waals surface area contributed by atoms with Gasteiger partial charge in [0.2, 0.25) is 0 Å². The van der Waals surface area contributed by atoms with Gasteiger partial charge in [-0.1, -0.05) is 24.3 Å². The van der Waals surface area contributed by atoms with Gasteiger partial charge in [0, 0.05) is 17.4 Å². The molecule has 0 spiro atoms. The van der Waals surface area contributed by atoms with Crippen molar-refractivity contribution < 1.29 is 5.11 Å². The molecule has 0 bridgehead atoms. The van der Waals surface area contributed by atoms with Crippen LogP contribution in [0.2, 0.25) is 0 Å². The number of anilines is 2. The molecule has 0 unspecified atom stereocenters. The number of rotatable bonds is 2. The van der Waals surface area contributed by atoms with Crippen molar-refractivity contribution in [3.8, 4) is 5.75 Å². The van der Waals surface area contributed by atoms with Crippen LogP contribution in [-0.4, -0.2) is 5.11 Å². The van der Waals surface area contributed by atoms with Gasteiger partial charge in [-0.05, 0) is 35.4 Å². The fraction of sp³-hybridized carbons (Fsp3) is 0.